The molecule has 0 unspecified atom stereocenters. The van der Waals surface area contributed by atoms with Gasteiger partial charge in [0.05, 0.1) is 37.1 Å². The van der Waals surface area contributed by atoms with Crippen LogP contribution in [-0.2, 0) is 28.7 Å². The summed E-state index contributed by atoms with van der Waals surface area (Å²) in [5, 5.41) is 13.2. The highest BCUT2D eigenvalue weighted by Crippen LogP contribution is 2.59. The van der Waals surface area contributed by atoms with E-state index in [9.17, 15) is 24.3 Å². The van der Waals surface area contributed by atoms with E-state index >= 15 is 0 Å². The summed E-state index contributed by atoms with van der Waals surface area (Å²) in [5.41, 5.74) is -1.77. The van der Waals surface area contributed by atoms with E-state index in [2.05, 4.69) is 18.5 Å². The minimum atomic E-state index is -1.20. The van der Waals surface area contributed by atoms with E-state index in [1.807, 2.05) is 34.6 Å². The molecular formula is C31H49N3O7. The molecule has 0 aromatic heterocycles. The van der Waals surface area contributed by atoms with Crippen molar-refractivity contribution in [2.75, 3.05) is 19.7 Å². The van der Waals surface area contributed by atoms with Crippen molar-refractivity contribution in [2.45, 2.75) is 109 Å². The molecule has 3 aliphatic rings. The molecule has 0 saturated carbocycles. The number of hydrogen-bond acceptors (Lipinski definition) is 7. The molecular weight excluding hydrogens is 526 g/mol. The lowest BCUT2D eigenvalue weighted by atomic mass is 9.70. The van der Waals surface area contributed by atoms with Gasteiger partial charge in [0, 0.05) is 18.5 Å². The predicted molar refractivity (Wildman–Crippen MR) is 154 cm³/mol. The maximum atomic E-state index is 14.4. The fourth-order valence-electron chi connectivity index (χ4n) is 6.68. The van der Waals surface area contributed by atoms with Crippen molar-refractivity contribution in [3.63, 3.8) is 0 Å². The Morgan fingerprint density at radius 1 is 1.27 bits per heavy atom. The normalized spacial score (nSPS) is 29.0. The van der Waals surface area contributed by atoms with Crippen LogP contribution in [0.2, 0.25) is 0 Å². The van der Waals surface area contributed by atoms with Gasteiger partial charge in [-0.2, -0.15) is 0 Å². The Morgan fingerprint density at radius 3 is 2.51 bits per heavy atom. The molecule has 3 aliphatic heterocycles. The number of carbonyl (C=O) groups is 4. The second-order valence-electron chi connectivity index (χ2n) is 12.7. The van der Waals surface area contributed by atoms with Crippen molar-refractivity contribution >= 4 is 23.7 Å². The largest absolute Gasteiger partial charge is 0.460 e. The number of likely N-dealkylation sites (tertiary alicyclic amines) is 1. The standard InChI is InChI=1S/C31H49N3O7/c1-9-12-13-23(36)32-17-20(5)40-29(39)24-22-14-15-31(41-22)25(24)27(37)34(21(18-35)19(4)11-3)26(31)28(38)33(16-10-2)30(6,7)8/h9-10,19-22,24-26,35H,1-2,11-18H2,3-8H3,(H,32,36)/t19-,20-,21-,22-,24+,25+,26-,31+/m0/s1. The number of allylic oxidation sites excluding steroid dienone is 1. The van der Waals surface area contributed by atoms with Crippen molar-refractivity contribution in [1.82, 2.24) is 15.1 Å². The van der Waals surface area contributed by atoms with Gasteiger partial charge in [-0.05, 0) is 52.9 Å². The fourth-order valence-corrected chi connectivity index (χ4v) is 6.68. The third-order valence-electron chi connectivity index (χ3n) is 8.96. The zero-order valence-electron chi connectivity index (χ0n) is 25.6. The Balaban J connectivity index is 1.95. The van der Waals surface area contributed by atoms with E-state index in [0.717, 1.165) is 0 Å². The van der Waals surface area contributed by atoms with E-state index in [0.29, 0.717) is 32.1 Å². The van der Waals surface area contributed by atoms with E-state index in [1.165, 1.54) is 4.90 Å². The molecule has 10 nitrogen and oxygen atoms in total. The molecule has 3 saturated heterocycles. The van der Waals surface area contributed by atoms with Crippen LogP contribution in [0.4, 0.5) is 0 Å². The lowest BCUT2D eigenvalue weighted by Gasteiger charge is -2.44. The van der Waals surface area contributed by atoms with Gasteiger partial charge in [0.2, 0.25) is 17.7 Å². The molecule has 2 bridgehead atoms. The van der Waals surface area contributed by atoms with Crippen LogP contribution in [0.5, 0.6) is 0 Å². The summed E-state index contributed by atoms with van der Waals surface area (Å²) in [6.45, 7) is 18.9. The van der Waals surface area contributed by atoms with Crippen LogP contribution in [0.25, 0.3) is 0 Å². The Morgan fingerprint density at radius 2 is 1.95 bits per heavy atom. The molecule has 0 radical (unpaired) electrons. The van der Waals surface area contributed by atoms with Gasteiger partial charge in [-0.25, -0.2) is 0 Å². The minimum Gasteiger partial charge on any atom is -0.460 e. The first-order valence-electron chi connectivity index (χ1n) is 14.9. The number of rotatable bonds is 14. The molecule has 0 aromatic carbocycles. The topological polar surface area (TPSA) is 125 Å². The van der Waals surface area contributed by atoms with Gasteiger partial charge in [-0.3, -0.25) is 19.2 Å². The highest BCUT2D eigenvalue weighted by Gasteiger charge is 2.76. The number of aliphatic hydroxyl groups is 1. The lowest BCUT2D eigenvalue weighted by Crippen LogP contribution is -2.62. The molecule has 8 atom stereocenters. The molecule has 0 aromatic rings. The first kappa shape index (κ1) is 32.8. The Labute approximate surface area is 244 Å². The molecule has 1 spiro atoms. The molecule has 41 heavy (non-hydrogen) atoms. The van der Waals surface area contributed by atoms with E-state index in [1.54, 1.807) is 24.0 Å². The maximum Gasteiger partial charge on any atom is 0.312 e. The first-order valence-corrected chi connectivity index (χ1v) is 14.9. The number of carbonyl (C=O) groups excluding carboxylic acids is 4. The van der Waals surface area contributed by atoms with E-state index in [-0.39, 0.29) is 43.3 Å². The molecule has 3 amide bonds. The van der Waals surface area contributed by atoms with E-state index in [4.69, 9.17) is 9.47 Å². The third-order valence-corrected chi connectivity index (χ3v) is 8.96. The summed E-state index contributed by atoms with van der Waals surface area (Å²) >= 11 is 0. The van der Waals surface area contributed by atoms with Crippen molar-refractivity contribution < 1.29 is 33.8 Å². The summed E-state index contributed by atoms with van der Waals surface area (Å²) in [6.07, 6.45) is 4.64. The fraction of sp³-hybridized carbons (Fsp3) is 0.742. The average Bonchev–Trinajstić information content (AvgIpc) is 3.56. The van der Waals surface area contributed by atoms with Gasteiger partial charge in [0.1, 0.15) is 17.7 Å². The molecule has 0 aliphatic carbocycles. The number of fused-ring (bicyclic) bond motifs is 1. The average molecular weight is 576 g/mol. The molecule has 3 rings (SSSR count). The van der Waals surface area contributed by atoms with Gasteiger partial charge in [0.25, 0.3) is 0 Å². The van der Waals surface area contributed by atoms with Crippen molar-refractivity contribution in [3.8, 4) is 0 Å². The minimum absolute atomic E-state index is 0.0932. The van der Waals surface area contributed by atoms with Crippen molar-refractivity contribution in [1.29, 1.82) is 0 Å². The van der Waals surface area contributed by atoms with Crippen molar-refractivity contribution in [2.24, 2.45) is 17.8 Å². The first-order chi connectivity index (χ1) is 19.3. The van der Waals surface area contributed by atoms with E-state index < -0.39 is 53.2 Å². The number of hydrogen-bond donors (Lipinski definition) is 2. The van der Waals surface area contributed by atoms with Gasteiger partial charge >= 0.3 is 5.97 Å². The zero-order valence-corrected chi connectivity index (χ0v) is 25.6. The summed E-state index contributed by atoms with van der Waals surface area (Å²) < 4.78 is 12.3. The molecule has 230 valence electrons. The van der Waals surface area contributed by atoms with Crippen LogP contribution in [-0.4, -0.2) is 93.7 Å². The summed E-state index contributed by atoms with van der Waals surface area (Å²) in [4.78, 5) is 57.6. The monoisotopic (exact) mass is 575 g/mol. The number of aliphatic hydroxyl groups excluding tert-OH is 1. The number of esters is 1. The second kappa shape index (κ2) is 13.1. The Bertz CT molecular complexity index is 1020. The molecule has 10 heteroatoms. The van der Waals surface area contributed by atoms with Crippen LogP contribution in [0.3, 0.4) is 0 Å². The van der Waals surface area contributed by atoms with Crippen molar-refractivity contribution in [3.05, 3.63) is 25.3 Å². The highest BCUT2D eigenvalue weighted by molar-refractivity contribution is 5.98. The molecule has 3 heterocycles. The Hall–Kier alpha value is -2.72. The lowest BCUT2D eigenvalue weighted by molar-refractivity contribution is -0.161. The number of nitrogens with one attached hydrogen (secondary N) is 1. The second-order valence-corrected chi connectivity index (χ2v) is 12.7. The smallest absolute Gasteiger partial charge is 0.312 e. The van der Waals surface area contributed by atoms with Gasteiger partial charge < -0.3 is 29.7 Å². The quantitative estimate of drug-likeness (QED) is 0.241. The van der Waals surface area contributed by atoms with Crippen LogP contribution in [0, 0.1) is 17.8 Å². The zero-order chi connectivity index (χ0) is 30.7. The van der Waals surface area contributed by atoms with Crippen LogP contribution < -0.4 is 5.32 Å². The van der Waals surface area contributed by atoms with Gasteiger partial charge in [-0.15, -0.1) is 13.2 Å². The van der Waals surface area contributed by atoms with Crippen LogP contribution >= 0.6 is 0 Å². The summed E-state index contributed by atoms with van der Waals surface area (Å²) in [5.74, 6) is -3.25. The number of amides is 3. The number of nitrogens with zero attached hydrogens (tertiary/aromatic N) is 2. The van der Waals surface area contributed by atoms with Crippen LogP contribution in [0.15, 0.2) is 25.3 Å². The predicted octanol–water partition coefficient (Wildman–Crippen LogP) is 2.60. The summed E-state index contributed by atoms with van der Waals surface area (Å²) in [7, 11) is 0. The van der Waals surface area contributed by atoms with Crippen LogP contribution in [0.1, 0.15) is 73.6 Å². The number of ether oxygens (including phenoxy) is 2. The third kappa shape index (κ3) is 6.23. The van der Waals surface area contributed by atoms with Gasteiger partial charge in [0.15, 0.2) is 0 Å². The highest BCUT2D eigenvalue weighted by atomic mass is 16.6. The summed E-state index contributed by atoms with van der Waals surface area (Å²) in [6, 6.07) is -1.61. The molecule has 3 fully saturated rings. The Kier molecular flexibility index (Phi) is 10.5. The maximum absolute atomic E-state index is 14.4. The van der Waals surface area contributed by atoms with Gasteiger partial charge in [-0.1, -0.05) is 32.4 Å². The molecule has 2 N–H and O–H groups in total. The SMILES string of the molecule is C=CCCC(=O)NC[C@H](C)OC(=O)[C@@H]1[C@@H]2CC[C@]3(O2)[C@H](C(=O)N(CC=C)C(C)(C)C)N([C@@H](CO)[C@@H](C)CC)C(=O)[C@@H]13.